The Balaban J connectivity index is 2.36. The third kappa shape index (κ3) is 2.78. The number of nitrogens with zero attached hydrogens (tertiary/aromatic N) is 2. The van der Waals surface area contributed by atoms with Gasteiger partial charge in [-0.2, -0.15) is 5.26 Å². The smallest absolute Gasteiger partial charge is 0.118 e. The van der Waals surface area contributed by atoms with E-state index in [1.165, 1.54) is 0 Å². The zero-order valence-electron chi connectivity index (χ0n) is 10.9. The molecule has 2 rings (SSSR count). The molecule has 2 heterocycles. The normalized spacial score (nSPS) is 10.9. The summed E-state index contributed by atoms with van der Waals surface area (Å²) < 4.78 is 0. The number of nitriles is 1. The maximum atomic E-state index is 8.79. The number of H-pyrrole nitrogens is 1. The minimum absolute atomic E-state index is 0.277. The fourth-order valence-corrected chi connectivity index (χ4v) is 1.75. The van der Waals surface area contributed by atoms with Crippen LogP contribution in [0.15, 0.2) is 30.0 Å². The predicted octanol–water partition coefficient (Wildman–Crippen LogP) is 1.47. The number of nitrogens with one attached hydrogen (secondary N) is 3. The molecule has 0 spiro atoms. The van der Waals surface area contributed by atoms with Crippen LogP contribution in [0.1, 0.15) is 5.69 Å². The molecule has 0 saturated carbocycles. The Morgan fingerprint density at radius 2 is 2.35 bits per heavy atom. The molecule has 6 heteroatoms. The van der Waals surface area contributed by atoms with Crippen LogP contribution in [-0.4, -0.2) is 31.1 Å². The minimum atomic E-state index is 0.277. The summed E-state index contributed by atoms with van der Waals surface area (Å²) in [5.41, 5.74) is 3.97. The Kier molecular flexibility index (Phi) is 4.01. The molecule has 0 fully saturated rings. The molecule has 0 amide bonds. The van der Waals surface area contributed by atoms with Gasteiger partial charge in [0.2, 0.25) is 0 Å². The fraction of sp³-hybridized carbons (Fsp3) is 0.0714. The van der Waals surface area contributed by atoms with Crippen molar-refractivity contribution in [3.05, 3.63) is 35.7 Å². The van der Waals surface area contributed by atoms with E-state index in [-0.39, 0.29) is 5.57 Å². The topological polar surface area (TPSA) is 88.3 Å². The number of hydrogen-bond donors (Lipinski definition) is 3. The van der Waals surface area contributed by atoms with Crippen LogP contribution in [0.25, 0.3) is 17.5 Å². The van der Waals surface area contributed by atoms with Gasteiger partial charge in [-0.15, -0.1) is 0 Å². The number of aromatic amines is 1. The lowest BCUT2D eigenvalue weighted by Gasteiger charge is -2.06. The molecule has 0 aliphatic carbocycles. The lowest BCUT2D eigenvalue weighted by Crippen LogP contribution is -2.10. The van der Waals surface area contributed by atoms with Crippen LogP contribution >= 0.6 is 0 Å². The first kappa shape index (κ1) is 13.6. The molecule has 0 saturated heterocycles. The zero-order valence-corrected chi connectivity index (χ0v) is 10.9. The second-order valence-corrected chi connectivity index (χ2v) is 4.09. The van der Waals surface area contributed by atoms with Crippen LogP contribution in [-0.2, 0) is 0 Å². The average Bonchev–Trinajstić information content (AvgIpc) is 2.93. The molecule has 0 bridgehead atoms. The van der Waals surface area contributed by atoms with Crippen LogP contribution in [0, 0.1) is 16.7 Å². The van der Waals surface area contributed by atoms with Gasteiger partial charge in [-0.05, 0) is 24.3 Å². The van der Waals surface area contributed by atoms with Crippen LogP contribution in [0.2, 0.25) is 0 Å². The molecule has 3 N–H and O–H groups in total. The van der Waals surface area contributed by atoms with Crippen LogP contribution in [0.3, 0.4) is 0 Å². The van der Waals surface area contributed by atoms with Crippen molar-refractivity contribution in [3.63, 3.8) is 0 Å². The highest BCUT2D eigenvalue weighted by Crippen LogP contribution is 2.19. The Hall–Kier alpha value is -2.81. The summed E-state index contributed by atoms with van der Waals surface area (Å²) in [6.07, 6.45) is 4.21. The highest BCUT2D eigenvalue weighted by Gasteiger charge is 2.05. The van der Waals surface area contributed by atoms with Gasteiger partial charge in [0.25, 0.3) is 0 Å². The van der Waals surface area contributed by atoms with Crippen molar-refractivity contribution in [1.29, 1.82) is 10.7 Å². The molecular weight excluding hydrogens is 249 g/mol. The molecule has 0 aromatic carbocycles. The van der Waals surface area contributed by atoms with Crippen molar-refractivity contribution in [3.8, 4) is 17.5 Å². The van der Waals surface area contributed by atoms with Crippen molar-refractivity contribution in [1.82, 2.24) is 9.97 Å². The van der Waals surface area contributed by atoms with Crippen molar-refractivity contribution in [2.45, 2.75) is 0 Å². The molecule has 0 unspecified atom stereocenters. The monoisotopic (exact) mass is 261 g/mol. The van der Waals surface area contributed by atoms with Gasteiger partial charge in [0, 0.05) is 30.8 Å². The summed E-state index contributed by atoms with van der Waals surface area (Å²) in [5.74, 6) is 0. The van der Waals surface area contributed by atoms with Crippen molar-refractivity contribution >= 4 is 31.3 Å². The summed E-state index contributed by atoms with van der Waals surface area (Å²) in [4.78, 5) is 7.40. The number of anilines is 1. The fourth-order valence-electron chi connectivity index (χ4n) is 1.75. The van der Waals surface area contributed by atoms with Crippen molar-refractivity contribution in [2.24, 2.45) is 0 Å². The Labute approximate surface area is 118 Å². The number of pyridine rings is 1. The zero-order chi connectivity index (χ0) is 14.5. The number of aromatic nitrogens is 2. The van der Waals surface area contributed by atoms with E-state index in [2.05, 4.69) is 15.3 Å². The standard InChI is InChI=1S/C14H12BN5/c1-18-13-5-14(19-8-11(13)15)12-3-2-10(20-12)4-9(6-16)7-17/h2-6,8,16,20H,1H3,(H,18,19)/b9-4+,16-6?. The van der Waals surface area contributed by atoms with Gasteiger partial charge < -0.3 is 15.7 Å². The summed E-state index contributed by atoms with van der Waals surface area (Å²) in [6.45, 7) is 0. The quantitative estimate of drug-likeness (QED) is 0.442. The van der Waals surface area contributed by atoms with Crippen molar-refractivity contribution < 1.29 is 0 Å². The van der Waals surface area contributed by atoms with Gasteiger partial charge in [0.1, 0.15) is 13.9 Å². The van der Waals surface area contributed by atoms with Crippen LogP contribution in [0.4, 0.5) is 5.69 Å². The predicted molar refractivity (Wildman–Crippen MR) is 81.3 cm³/mol. The lowest BCUT2D eigenvalue weighted by molar-refractivity contribution is 1.28. The molecule has 5 nitrogen and oxygen atoms in total. The van der Waals surface area contributed by atoms with Crippen LogP contribution in [0.5, 0.6) is 0 Å². The van der Waals surface area contributed by atoms with E-state index in [1.807, 2.05) is 24.3 Å². The second kappa shape index (κ2) is 5.89. The van der Waals surface area contributed by atoms with E-state index in [9.17, 15) is 0 Å². The third-order valence-corrected chi connectivity index (χ3v) is 2.78. The first-order chi connectivity index (χ1) is 9.67. The Morgan fingerprint density at radius 3 is 3.00 bits per heavy atom. The van der Waals surface area contributed by atoms with E-state index < -0.39 is 0 Å². The highest BCUT2D eigenvalue weighted by molar-refractivity contribution is 6.35. The second-order valence-electron chi connectivity index (χ2n) is 4.09. The van der Waals surface area contributed by atoms with Gasteiger partial charge >= 0.3 is 0 Å². The van der Waals surface area contributed by atoms with Crippen molar-refractivity contribution in [2.75, 3.05) is 12.4 Å². The lowest BCUT2D eigenvalue weighted by atomic mass is 9.96. The molecule has 2 aromatic rings. The van der Waals surface area contributed by atoms with E-state index in [1.54, 1.807) is 19.3 Å². The van der Waals surface area contributed by atoms with Gasteiger partial charge in [-0.1, -0.05) is 5.46 Å². The largest absolute Gasteiger partial charge is 0.388 e. The minimum Gasteiger partial charge on any atom is -0.388 e. The maximum absolute atomic E-state index is 8.79. The maximum Gasteiger partial charge on any atom is 0.118 e. The number of allylic oxidation sites excluding steroid dienone is 1. The van der Waals surface area contributed by atoms with Gasteiger partial charge in [-0.3, -0.25) is 4.98 Å². The molecule has 0 aliphatic rings. The molecule has 2 aromatic heterocycles. The number of hydrogen-bond acceptors (Lipinski definition) is 4. The summed E-state index contributed by atoms with van der Waals surface area (Å²) in [6, 6.07) is 7.47. The van der Waals surface area contributed by atoms with E-state index >= 15 is 0 Å². The Morgan fingerprint density at radius 1 is 1.55 bits per heavy atom. The summed E-state index contributed by atoms with van der Waals surface area (Å²) >= 11 is 0. The van der Waals surface area contributed by atoms with Gasteiger partial charge in [0.15, 0.2) is 0 Å². The first-order valence-corrected chi connectivity index (χ1v) is 5.93. The van der Waals surface area contributed by atoms with Gasteiger partial charge in [-0.25, -0.2) is 0 Å². The molecular formula is C14H12BN5. The molecule has 2 radical (unpaired) electrons. The van der Waals surface area contributed by atoms with E-state index in [4.69, 9.17) is 18.5 Å². The van der Waals surface area contributed by atoms with E-state index in [0.29, 0.717) is 5.46 Å². The van der Waals surface area contributed by atoms with E-state index in [0.717, 1.165) is 29.0 Å². The molecule has 0 aliphatic heterocycles. The molecule has 20 heavy (non-hydrogen) atoms. The van der Waals surface area contributed by atoms with Crippen LogP contribution < -0.4 is 10.8 Å². The summed E-state index contributed by atoms with van der Waals surface area (Å²) in [5, 5.41) is 18.9. The first-order valence-electron chi connectivity index (χ1n) is 5.93. The number of rotatable bonds is 4. The molecule has 96 valence electrons. The third-order valence-electron chi connectivity index (χ3n) is 2.78. The summed E-state index contributed by atoms with van der Waals surface area (Å²) in [7, 11) is 7.57. The Bertz CT molecular complexity index is 709. The average molecular weight is 261 g/mol. The molecule has 0 atom stereocenters. The highest BCUT2D eigenvalue weighted by atomic mass is 14.8. The SMILES string of the molecule is [B]c1cnc(-c2ccc(/C=C(/C#N)C=N)[nH]2)cc1NC. The van der Waals surface area contributed by atoms with Gasteiger partial charge in [0.05, 0.1) is 17.0 Å².